The first-order chi connectivity index (χ1) is 12.9. The van der Waals surface area contributed by atoms with Crippen LogP contribution in [0.4, 0.5) is 10.8 Å². The summed E-state index contributed by atoms with van der Waals surface area (Å²) in [6, 6.07) is 7.61. The Labute approximate surface area is 162 Å². The van der Waals surface area contributed by atoms with Crippen molar-refractivity contribution in [1.82, 2.24) is 4.98 Å². The van der Waals surface area contributed by atoms with E-state index in [0.717, 1.165) is 4.70 Å². The van der Waals surface area contributed by atoms with E-state index >= 15 is 0 Å². The van der Waals surface area contributed by atoms with Crippen molar-refractivity contribution in [2.24, 2.45) is 0 Å². The smallest absolute Gasteiger partial charge is 0.286 e. The van der Waals surface area contributed by atoms with Gasteiger partial charge in [0.1, 0.15) is 5.56 Å². The van der Waals surface area contributed by atoms with Crippen molar-refractivity contribution >= 4 is 49.9 Å². The first-order valence-corrected chi connectivity index (χ1v) is 8.99. The van der Waals surface area contributed by atoms with Gasteiger partial charge in [0.15, 0.2) is 16.6 Å². The Morgan fingerprint density at radius 3 is 2.78 bits per heavy atom. The van der Waals surface area contributed by atoms with Crippen LogP contribution >= 0.6 is 22.9 Å². The molecule has 1 aromatic heterocycles. The quantitative estimate of drug-likeness (QED) is 0.476. The standard InChI is InChI=1S/C17H14ClN3O5S/c1-3-26-14-8-12(21(23)24)10(7-13(14)25-2)16(22)20-17-19-11-5-4-9(18)6-15(11)27-17/h4-8H,3H2,1-2H3,(H,19,20,22). The van der Waals surface area contributed by atoms with Crippen LogP contribution in [0.15, 0.2) is 30.3 Å². The number of ether oxygens (including phenoxy) is 2. The van der Waals surface area contributed by atoms with Crippen molar-refractivity contribution < 1.29 is 19.2 Å². The number of aromatic nitrogens is 1. The zero-order chi connectivity index (χ0) is 19.6. The van der Waals surface area contributed by atoms with Crippen LogP contribution in [0.3, 0.4) is 0 Å². The van der Waals surface area contributed by atoms with Gasteiger partial charge in [0, 0.05) is 11.1 Å². The lowest BCUT2D eigenvalue weighted by molar-refractivity contribution is -0.385. The number of anilines is 1. The minimum atomic E-state index is -0.673. The van der Waals surface area contributed by atoms with Gasteiger partial charge in [-0.05, 0) is 25.1 Å². The largest absolute Gasteiger partial charge is 0.493 e. The molecule has 2 aromatic carbocycles. The number of hydrogen-bond donors (Lipinski definition) is 1. The average Bonchev–Trinajstić information content (AvgIpc) is 3.02. The van der Waals surface area contributed by atoms with Crippen molar-refractivity contribution in [3.63, 3.8) is 0 Å². The molecule has 3 aromatic rings. The molecule has 140 valence electrons. The normalized spacial score (nSPS) is 10.6. The predicted molar refractivity (Wildman–Crippen MR) is 103 cm³/mol. The lowest BCUT2D eigenvalue weighted by atomic mass is 10.1. The fourth-order valence-corrected chi connectivity index (χ4v) is 3.56. The number of fused-ring (bicyclic) bond motifs is 1. The maximum atomic E-state index is 12.6. The van der Waals surface area contributed by atoms with Crippen molar-refractivity contribution in [2.75, 3.05) is 19.0 Å². The molecule has 27 heavy (non-hydrogen) atoms. The van der Waals surface area contributed by atoms with E-state index in [0.29, 0.717) is 22.3 Å². The topological polar surface area (TPSA) is 104 Å². The fourth-order valence-electron chi connectivity index (χ4n) is 2.43. The summed E-state index contributed by atoms with van der Waals surface area (Å²) in [6.07, 6.45) is 0. The number of amides is 1. The minimum Gasteiger partial charge on any atom is -0.493 e. The maximum Gasteiger partial charge on any atom is 0.286 e. The second-order valence-electron chi connectivity index (χ2n) is 5.30. The Kier molecular flexibility index (Phi) is 5.43. The van der Waals surface area contributed by atoms with Gasteiger partial charge in [-0.15, -0.1) is 0 Å². The Bertz CT molecular complexity index is 1040. The maximum absolute atomic E-state index is 12.6. The van der Waals surface area contributed by atoms with Gasteiger partial charge in [-0.3, -0.25) is 20.2 Å². The van der Waals surface area contributed by atoms with E-state index in [-0.39, 0.29) is 22.7 Å². The van der Waals surface area contributed by atoms with Gasteiger partial charge in [-0.1, -0.05) is 22.9 Å². The van der Waals surface area contributed by atoms with Crippen LogP contribution in [0.1, 0.15) is 17.3 Å². The van der Waals surface area contributed by atoms with Crippen LogP contribution in [0.25, 0.3) is 10.2 Å². The van der Waals surface area contributed by atoms with Gasteiger partial charge in [-0.25, -0.2) is 4.98 Å². The van der Waals surface area contributed by atoms with E-state index in [2.05, 4.69) is 10.3 Å². The lowest BCUT2D eigenvalue weighted by Gasteiger charge is -2.11. The summed E-state index contributed by atoms with van der Waals surface area (Å²) >= 11 is 7.17. The molecule has 0 saturated carbocycles. The second kappa shape index (κ2) is 7.77. The van der Waals surface area contributed by atoms with E-state index < -0.39 is 10.8 Å². The van der Waals surface area contributed by atoms with Gasteiger partial charge in [0.05, 0.1) is 34.9 Å². The van der Waals surface area contributed by atoms with Crippen molar-refractivity contribution in [3.8, 4) is 11.5 Å². The third-order valence-electron chi connectivity index (χ3n) is 3.59. The van der Waals surface area contributed by atoms with Gasteiger partial charge in [-0.2, -0.15) is 0 Å². The molecule has 8 nitrogen and oxygen atoms in total. The van der Waals surface area contributed by atoms with Crippen molar-refractivity contribution in [3.05, 3.63) is 51.0 Å². The molecule has 0 aliphatic heterocycles. The molecule has 0 spiro atoms. The van der Waals surface area contributed by atoms with Crippen LogP contribution in [-0.2, 0) is 0 Å². The molecule has 3 rings (SSSR count). The number of carbonyl (C=O) groups is 1. The van der Waals surface area contributed by atoms with Crippen molar-refractivity contribution in [1.29, 1.82) is 0 Å². The molecule has 1 heterocycles. The summed E-state index contributed by atoms with van der Waals surface area (Å²) in [4.78, 5) is 27.7. The number of halogens is 1. The molecule has 0 atom stereocenters. The van der Waals surface area contributed by atoms with Crippen LogP contribution in [0.5, 0.6) is 11.5 Å². The van der Waals surface area contributed by atoms with Crippen LogP contribution < -0.4 is 14.8 Å². The number of hydrogen-bond acceptors (Lipinski definition) is 7. The summed E-state index contributed by atoms with van der Waals surface area (Å²) in [5.74, 6) is -0.255. The van der Waals surface area contributed by atoms with E-state index in [1.807, 2.05) is 0 Å². The number of thiazole rings is 1. The number of nitro benzene ring substituents is 1. The number of nitrogens with zero attached hydrogens (tertiary/aromatic N) is 2. The minimum absolute atomic E-state index is 0.155. The second-order valence-corrected chi connectivity index (χ2v) is 6.76. The molecule has 1 N–H and O–H groups in total. The SMILES string of the molecule is CCOc1cc([N+](=O)[O-])c(C(=O)Nc2nc3ccc(Cl)cc3s2)cc1OC. The third-order valence-corrected chi connectivity index (χ3v) is 4.76. The summed E-state index contributed by atoms with van der Waals surface area (Å²) in [5.41, 5.74) is 0.122. The molecule has 0 fully saturated rings. The highest BCUT2D eigenvalue weighted by Gasteiger charge is 2.25. The first kappa shape index (κ1) is 18.9. The summed E-state index contributed by atoms with van der Waals surface area (Å²) < 4.78 is 11.3. The fraction of sp³-hybridized carbons (Fsp3) is 0.176. The van der Waals surface area contributed by atoms with Gasteiger partial charge < -0.3 is 9.47 Å². The number of methoxy groups -OCH3 is 1. The number of carbonyl (C=O) groups excluding carboxylic acids is 1. The molecule has 0 saturated heterocycles. The van der Waals surface area contributed by atoms with E-state index in [9.17, 15) is 14.9 Å². The zero-order valence-corrected chi connectivity index (χ0v) is 15.9. The summed E-state index contributed by atoms with van der Waals surface area (Å²) in [6.45, 7) is 2.04. The van der Waals surface area contributed by atoms with Gasteiger partial charge in [0.2, 0.25) is 0 Å². The Balaban J connectivity index is 1.97. The Hall–Kier alpha value is -2.91. The Morgan fingerprint density at radius 2 is 2.11 bits per heavy atom. The van der Waals surface area contributed by atoms with E-state index in [4.69, 9.17) is 21.1 Å². The van der Waals surface area contributed by atoms with Gasteiger partial charge >= 0.3 is 0 Å². The van der Waals surface area contributed by atoms with Crippen LogP contribution in [0.2, 0.25) is 5.02 Å². The van der Waals surface area contributed by atoms with Crippen molar-refractivity contribution in [2.45, 2.75) is 6.92 Å². The number of nitro groups is 1. The van der Waals surface area contributed by atoms with E-state index in [1.165, 1.54) is 30.6 Å². The monoisotopic (exact) mass is 407 g/mol. The number of benzene rings is 2. The average molecular weight is 408 g/mol. The Morgan fingerprint density at radius 1 is 1.33 bits per heavy atom. The highest BCUT2D eigenvalue weighted by atomic mass is 35.5. The molecule has 0 bridgehead atoms. The summed E-state index contributed by atoms with van der Waals surface area (Å²) in [5, 5.41) is 14.9. The lowest BCUT2D eigenvalue weighted by Crippen LogP contribution is -2.14. The molecule has 0 aliphatic carbocycles. The van der Waals surface area contributed by atoms with Crippen LogP contribution in [-0.4, -0.2) is 29.5 Å². The molecular formula is C17H14ClN3O5S. The first-order valence-electron chi connectivity index (χ1n) is 7.79. The molecule has 0 radical (unpaired) electrons. The van der Waals surface area contributed by atoms with Crippen LogP contribution in [0, 0.1) is 10.1 Å². The molecular weight excluding hydrogens is 394 g/mol. The highest BCUT2D eigenvalue weighted by molar-refractivity contribution is 7.22. The molecule has 10 heteroatoms. The predicted octanol–water partition coefficient (Wildman–Crippen LogP) is 4.52. The highest BCUT2D eigenvalue weighted by Crippen LogP contribution is 2.35. The number of nitrogens with one attached hydrogen (secondary N) is 1. The number of rotatable bonds is 6. The zero-order valence-electron chi connectivity index (χ0n) is 14.3. The molecule has 0 aliphatic rings. The third kappa shape index (κ3) is 3.93. The molecule has 1 amide bonds. The van der Waals surface area contributed by atoms with E-state index in [1.54, 1.807) is 25.1 Å². The molecule has 0 unspecified atom stereocenters. The van der Waals surface area contributed by atoms with Gasteiger partial charge in [0.25, 0.3) is 11.6 Å². The summed E-state index contributed by atoms with van der Waals surface area (Å²) in [7, 11) is 1.39.